The summed E-state index contributed by atoms with van der Waals surface area (Å²) in [6.45, 7) is 12.3. The second-order valence-corrected chi connectivity index (χ2v) is 24.0. The number of nitrogens with one attached hydrogen (secondary N) is 1. The molecule has 77 heavy (non-hydrogen) atoms. The summed E-state index contributed by atoms with van der Waals surface area (Å²) in [5, 5.41) is 33.4. The Kier molecular flexibility index (Phi) is 23.8. The number of Topliss-reactive ketones (excluding diaryl/α,β-unsaturated/α-hetero) is 3. The van der Waals surface area contributed by atoms with Gasteiger partial charge in [-0.2, -0.15) is 12.7 Å². The number of fused-ring (bicyclic) bond motifs is 3. The van der Waals surface area contributed by atoms with E-state index in [1.807, 2.05) is 55.9 Å². The maximum Gasteiger partial charge on any atom is 0.422 e. The molecule has 16 atom stereocenters. The van der Waals surface area contributed by atoms with Crippen LogP contribution in [0.3, 0.4) is 0 Å². The highest BCUT2D eigenvalue weighted by Crippen LogP contribution is 2.38. The Bertz CT molecular complexity index is 2300. The van der Waals surface area contributed by atoms with Crippen LogP contribution in [-0.4, -0.2) is 170 Å². The third-order valence-electron chi connectivity index (χ3n) is 16.4. The van der Waals surface area contributed by atoms with Crippen LogP contribution in [0.5, 0.6) is 0 Å². The van der Waals surface area contributed by atoms with Crippen LogP contribution >= 0.6 is 0 Å². The van der Waals surface area contributed by atoms with Gasteiger partial charge in [0.15, 0.2) is 5.78 Å². The molecule has 5 rings (SSSR count). The second-order valence-electron chi connectivity index (χ2n) is 22.4. The van der Waals surface area contributed by atoms with Gasteiger partial charge in [0.25, 0.3) is 11.7 Å². The average molecular weight is 1110 g/mol. The number of nitrogens with zero attached hydrogens (tertiary/aromatic N) is 2. The summed E-state index contributed by atoms with van der Waals surface area (Å²) < 4.78 is 63.7. The van der Waals surface area contributed by atoms with Gasteiger partial charge in [-0.05, 0) is 113 Å². The van der Waals surface area contributed by atoms with Crippen molar-refractivity contribution in [2.24, 2.45) is 35.5 Å². The van der Waals surface area contributed by atoms with Crippen molar-refractivity contribution in [1.82, 2.24) is 13.9 Å². The number of amides is 2. The van der Waals surface area contributed by atoms with Crippen LogP contribution in [0.15, 0.2) is 47.6 Å². The van der Waals surface area contributed by atoms with Crippen molar-refractivity contribution < 1.29 is 80.9 Å². The van der Waals surface area contributed by atoms with Gasteiger partial charge in [0.2, 0.25) is 5.79 Å². The number of carbonyl (C=O) groups excluding carboxylic acids is 6. The van der Waals surface area contributed by atoms with Gasteiger partial charge in [0, 0.05) is 71.6 Å². The molecule has 0 spiro atoms. The number of piperidine rings is 1. The van der Waals surface area contributed by atoms with Gasteiger partial charge in [0.1, 0.15) is 36.2 Å². The van der Waals surface area contributed by atoms with E-state index in [4.69, 9.17) is 28.4 Å². The predicted molar refractivity (Wildman–Crippen MR) is 284 cm³/mol. The van der Waals surface area contributed by atoms with Gasteiger partial charge in [-0.25, -0.2) is 14.3 Å². The number of aliphatic hydroxyl groups is 3. The molecule has 3 saturated heterocycles. The average Bonchev–Trinajstić information content (AvgIpc) is 3.85. The molecule has 4 heterocycles. The number of allylic oxidation sites excluding steroid dienone is 6. The fourth-order valence-corrected chi connectivity index (χ4v) is 12.6. The molecule has 1 aliphatic carbocycles. The Hall–Kier alpha value is -4.19. The van der Waals surface area contributed by atoms with Gasteiger partial charge < -0.3 is 48.6 Å². The molecule has 0 aromatic rings. The molecule has 20 nitrogen and oxygen atoms in total. The quantitative estimate of drug-likeness (QED) is 0.131. The Labute approximate surface area is 455 Å². The number of hydrogen-bond acceptors (Lipinski definition) is 17. The van der Waals surface area contributed by atoms with Crippen molar-refractivity contribution in [2.75, 3.05) is 41.0 Å². The zero-order valence-corrected chi connectivity index (χ0v) is 47.6. The first kappa shape index (κ1) is 63.6. The molecule has 434 valence electrons. The van der Waals surface area contributed by atoms with Gasteiger partial charge in [0.05, 0.1) is 24.4 Å². The first-order chi connectivity index (χ1) is 36.3. The smallest absolute Gasteiger partial charge is 0.422 e. The summed E-state index contributed by atoms with van der Waals surface area (Å²) in [7, 11) is 0.0963. The number of cyclic esters (lactones) is 1. The minimum atomic E-state index is -4.26. The van der Waals surface area contributed by atoms with Crippen LogP contribution in [0.4, 0.5) is 4.79 Å². The first-order valence-corrected chi connectivity index (χ1v) is 28.9. The fraction of sp³-hybridized carbons (Fsp3) is 0.750. The second kappa shape index (κ2) is 28.8. The van der Waals surface area contributed by atoms with Crippen LogP contribution in [0.25, 0.3) is 0 Å². The summed E-state index contributed by atoms with van der Waals surface area (Å²) >= 11 is 0. The van der Waals surface area contributed by atoms with Crippen molar-refractivity contribution in [1.29, 1.82) is 0 Å². The highest BCUT2D eigenvalue weighted by molar-refractivity contribution is 7.87. The molecular formula is C56H87N3O17S. The number of β-amino-alcohol motifs (C(OH)–C–C–N with tert-alkyl or cyclic N) is 1. The lowest BCUT2D eigenvalue weighted by Crippen LogP contribution is -2.61. The Balaban J connectivity index is 1.42. The number of hydrogen-bond donors (Lipinski definition) is 4. The predicted octanol–water partition coefficient (Wildman–Crippen LogP) is 5.23. The lowest BCUT2D eigenvalue weighted by atomic mass is 9.78. The maximum atomic E-state index is 14.6. The molecule has 2 amide bonds. The molecule has 0 aromatic carbocycles. The standard InChI is InChI=1S/C56H87N3O17S/c1-33-16-12-11-13-17-34(2)46(71-8)30-42-21-19-39(7)56(68,76-42)52(64)53(65)59-24-15-14-18-43(59)54(66)74-47(31-44(61)35(3)27-38(6)50(63)51(73-10)49(62)37(5)26-33)36(4)28-40-20-22-45(48(29-40)72-9)75-55(67)57-77(69,70)58-25-23-41(60)32-58/h11-13,16-17,27,33,35-37,39-43,45-48,50-51,60,63,68H,14-15,18-26,28-32H2,1-10H3,(H,57,67)/b13-11?,16-12+,34-17?,38-27+/t33-,35-,36-,37-,39-,40+,41-,42+,43+,45-,46+,47+,48-,50-,51+,56-/m1/s1. The Morgan fingerprint density at radius 1 is 0.857 bits per heavy atom. The van der Waals surface area contributed by atoms with Gasteiger partial charge >= 0.3 is 22.3 Å². The zero-order valence-electron chi connectivity index (χ0n) is 46.8. The van der Waals surface area contributed by atoms with Crippen LogP contribution in [0.2, 0.25) is 0 Å². The number of rotatable bonds is 9. The van der Waals surface area contributed by atoms with Crippen molar-refractivity contribution in [2.45, 2.75) is 193 Å². The van der Waals surface area contributed by atoms with Crippen LogP contribution < -0.4 is 4.72 Å². The number of methoxy groups -OCH3 is 3. The summed E-state index contributed by atoms with van der Waals surface area (Å²) in [5.74, 6) is -8.94. The summed E-state index contributed by atoms with van der Waals surface area (Å²) in [6, 6.07) is -1.23. The summed E-state index contributed by atoms with van der Waals surface area (Å²) in [4.78, 5) is 85.5. The van der Waals surface area contributed by atoms with E-state index in [1.54, 1.807) is 40.9 Å². The van der Waals surface area contributed by atoms with Crippen LogP contribution in [-0.2, 0) is 62.6 Å². The molecule has 1 saturated carbocycles. The van der Waals surface area contributed by atoms with Crippen molar-refractivity contribution in [3.8, 4) is 0 Å². The molecule has 21 heteroatoms. The van der Waals surface area contributed by atoms with Crippen molar-refractivity contribution in [3.05, 3.63) is 47.6 Å². The summed E-state index contributed by atoms with van der Waals surface area (Å²) in [5.41, 5.74) is 1.18. The minimum Gasteiger partial charge on any atom is -0.460 e. The molecule has 0 radical (unpaired) electrons. The molecule has 4 N–H and O–H groups in total. The third-order valence-corrected chi connectivity index (χ3v) is 17.8. The van der Waals surface area contributed by atoms with Crippen molar-refractivity contribution in [3.63, 3.8) is 0 Å². The molecule has 4 aliphatic heterocycles. The van der Waals surface area contributed by atoms with E-state index in [0.29, 0.717) is 63.4 Å². The maximum absolute atomic E-state index is 14.6. The van der Waals surface area contributed by atoms with E-state index < -0.39 is 118 Å². The first-order valence-electron chi connectivity index (χ1n) is 27.5. The molecular weight excluding hydrogens is 1020 g/mol. The lowest BCUT2D eigenvalue weighted by Gasteiger charge is -2.42. The Morgan fingerprint density at radius 2 is 1.58 bits per heavy atom. The number of esters is 1. The van der Waals surface area contributed by atoms with E-state index in [2.05, 4.69) is 0 Å². The molecule has 0 unspecified atom stereocenters. The number of aliphatic hydroxyl groups excluding tert-OH is 2. The third kappa shape index (κ3) is 16.9. The van der Waals surface area contributed by atoms with E-state index in [9.17, 15) is 52.5 Å². The molecule has 2 bridgehead atoms. The molecule has 5 aliphatic rings. The van der Waals surface area contributed by atoms with E-state index in [-0.39, 0.29) is 68.7 Å². The normalized spacial score (nSPS) is 37.2. The van der Waals surface area contributed by atoms with E-state index in [1.165, 1.54) is 14.2 Å². The van der Waals surface area contributed by atoms with E-state index in [0.717, 1.165) is 14.8 Å². The van der Waals surface area contributed by atoms with E-state index >= 15 is 0 Å². The van der Waals surface area contributed by atoms with Gasteiger partial charge in [-0.15, -0.1) is 0 Å². The highest BCUT2D eigenvalue weighted by atomic mass is 32.2. The SMILES string of the molecule is CO[C@H]1C[C@@H]2CC[C@@H](C)[C@@](O)(O2)C(=O)C(=O)N2CCCC[C@H]2C(=O)O[C@H]([C@H](C)C[C@@H]2CC[C@@H](OC(=O)NS(=O)(=O)N3CC[C@@H](O)C3)[C@H](OC)C2)CC(=O)[C@H](C)/C=C(\C)[C@@H](O)[C@@H](OC)C(=O)[C@H](C)C[C@H](C)/C=C/C=CC=C1C. The zero-order chi connectivity index (χ0) is 56.9. The number of ketones is 3. The molecule has 4 fully saturated rings. The minimum absolute atomic E-state index is 0.0197. The van der Waals surface area contributed by atoms with Crippen LogP contribution in [0, 0.1) is 35.5 Å². The fourth-order valence-electron chi connectivity index (χ4n) is 11.5. The lowest BCUT2D eigenvalue weighted by molar-refractivity contribution is -0.265. The van der Waals surface area contributed by atoms with Gasteiger partial charge in [-0.1, -0.05) is 71.1 Å². The molecule has 0 aromatic heterocycles. The number of ether oxygens (including phenoxy) is 6. The largest absolute Gasteiger partial charge is 0.460 e. The van der Waals surface area contributed by atoms with Gasteiger partial charge in [-0.3, -0.25) is 19.2 Å². The summed E-state index contributed by atoms with van der Waals surface area (Å²) in [6.07, 6.45) is 7.05. The topological polar surface area (TPSA) is 271 Å². The monoisotopic (exact) mass is 1110 g/mol. The number of carbonyl (C=O) groups is 6. The Morgan fingerprint density at radius 3 is 2.25 bits per heavy atom. The van der Waals surface area contributed by atoms with Crippen LogP contribution in [0.1, 0.15) is 132 Å². The van der Waals surface area contributed by atoms with Crippen molar-refractivity contribution >= 4 is 45.5 Å². The highest BCUT2D eigenvalue weighted by Gasteiger charge is 2.53.